The van der Waals surface area contributed by atoms with Crippen molar-refractivity contribution in [1.29, 1.82) is 0 Å². The van der Waals surface area contributed by atoms with Gasteiger partial charge in [-0.25, -0.2) is 9.97 Å². The molecule has 8 heteroatoms. The molecule has 3 heterocycles. The molecule has 164 valence electrons. The lowest BCUT2D eigenvalue weighted by Crippen LogP contribution is -2.20. The van der Waals surface area contributed by atoms with E-state index in [1.807, 2.05) is 73.0 Å². The molecule has 33 heavy (non-hydrogen) atoms. The van der Waals surface area contributed by atoms with Crippen LogP contribution in [0.2, 0.25) is 0 Å². The number of carbonyl (C=O) groups is 1. The van der Waals surface area contributed by atoms with Crippen LogP contribution >= 0.6 is 22.7 Å². The van der Waals surface area contributed by atoms with Crippen LogP contribution in [0, 0.1) is 6.92 Å². The Hall–Kier alpha value is -3.62. The highest BCUT2D eigenvalue weighted by molar-refractivity contribution is 7.21. The highest BCUT2D eigenvalue weighted by atomic mass is 32.1. The van der Waals surface area contributed by atoms with Crippen LogP contribution in [0.3, 0.4) is 0 Å². The highest BCUT2D eigenvalue weighted by Gasteiger charge is 2.13. The Labute approximate surface area is 198 Å². The molecule has 2 aromatic carbocycles. The number of anilines is 1. The molecule has 0 aliphatic carbocycles. The second-order valence-corrected chi connectivity index (χ2v) is 9.67. The van der Waals surface area contributed by atoms with E-state index in [0.29, 0.717) is 16.9 Å². The molecule has 1 amide bonds. The fraction of sp³-hybridized carbons (Fsp3) is 0.120. The zero-order valence-corrected chi connectivity index (χ0v) is 19.5. The number of aromatic nitrogens is 3. The summed E-state index contributed by atoms with van der Waals surface area (Å²) in [6.45, 7) is 2.32. The summed E-state index contributed by atoms with van der Waals surface area (Å²) in [5.41, 5.74) is 3.61. The lowest BCUT2D eigenvalue weighted by atomic mass is 10.2. The number of fused-ring (bicyclic) bond motifs is 1. The van der Waals surface area contributed by atoms with Crippen LogP contribution < -0.4 is 10.9 Å². The van der Waals surface area contributed by atoms with Gasteiger partial charge in [0.2, 0.25) is 5.91 Å². The summed E-state index contributed by atoms with van der Waals surface area (Å²) < 4.78 is 1.56. The first-order valence-corrected chi connectivity index (χ1v) is 12.1. The minimum absolute atomic E-state index is 0.0925. The number of hydrogen-bond donors (Lipinski definition) is 1. The molecule has 0 aliphatic rings. The smallest absolute Gasteiger partial charge is 0.262 e. The van der Waals surface area contributed by atoms with Gasteiger partial charge in [-0.1, -0.05) is 48.0 Å². The van der Waals surface area contributed by atoms with Gasteiger partial charge in [-0.15, -0.1) is 22.7 Å². The van der Waals surface area contributed by atoms with Crippen LogP contribution in [0.5, 0.6) is 0 Å². The van der Waals surface area contributed by atoms with E-state index in [1.54, 1.807) is 10.9 Å². The average molecular weight is 473 g/mol. The number of carbonyl (C=O) groups excluding carboxylic acids is 1. The van der Waals surface area contributed by atoms with Gasteiger partial charge < -0.3 is 5.32 Å². The van der Waals surface area contributed by atoms with E-state index in [4.69, 9.17) is 0 Å². The van der Waals surface area contributed by atoms with Crippen molar-refractivity contribution in [3.63, 3.8) is 0 Å². The van der Waals surface area contributed by atoms with Crippen LogP contribution in [0.1, 0.15) is 16.3 Å². The third-order valence-electron chi connectivity index (χ3n) is 5.16. The fourth-order valence-electron chi connectivity index (χ4n) is 3.47. The number of benzene rings is 2. The normalized spacial score (nSPS) is 11.1. The maximum Gasteiger partial charge on any atom is 0.262 e. The van der Waals surface area contributed by atoms with Crippen molar-refractivity contribution >= 4 is 44.5 Å². The molecule has 0 aliphatic heterocycles. The maximum atomic E-state index is 13.0. The lowest BCUT2D eigenvalue weighted by Gasteiger charge is -2.04. The van der Waals surface area contributed by atoms with Crippen molar-refractivity contribution in [3.05, 3.63) is 99.0 Å². The van der Waals surface area contributed by atoms with Gasteiger partial charge in [0.1, 0.15) is 9.84 Å². The highest BCUT2D eigenvalue weighted by Crippen LogP contribution is 2.30. The monoisotopic (exact) mass is 472 g/mol. The van der Waals surface area contributed by atoms with Gasteiger partial charge in [-0.3, -0.25) is 14.2 Å². The standard InChI is InChI=1S/C25H20N4O2S2/c1-16-7-9-18(10-8-16)27-22(30)12-23-28-19(14-32-23)13-29-15-26-24-20(25(29)31)11-21(33-24)17-5-3-2-4-6-17/h2-11,14-15H,12-13H2,1H3,(H,27,30). The average Bonchev–Trinajstić information content (AvgIpc) is 3.45. The first-order valence-electron chi connectivity index (χ1n) is 10.4. The van der Waals surface area contributed by atoms with Crippen molar-refractivity contribution in [2.75, 3.05) is 5.32 Å². The zero-order chi connectivity index (χ0) is 22.8. The summed E-state index contributed by atoms with van der Waals surface area (Å²) in [6, 6.07) is 19.5. The van der Waals surface area contributed by atoms with Crippen LogP contribution in [-0.2, 0) is 17.8 Å². The Balaban J connectivity index is 1.30. The summed E-state index contributed by atoms with van der Waals surface area (Å²) >= 11 is 2.92. The number of nitrogens with zero attached hydrogens (tertiary/aromatic N) is 3. The van der Waals surface area contributed by atoms with Crippen LogP contribution in [0.25, 0.3) is 20.7 Å². The Morgan fingerprint density at radius 1 is 1.09 bits per heavy atom. The molecular formula is C25H20N4O2S2. The number of hydrogen-bond acceptors (Lipinski definition) is 6. The van der Waals surface area contributed by atoms with Crippen molar-refractivity contribution in [1.82, 2.24) is 14.5 Å². The zero-order valence-electron chi connectivity index (χ0n) is 17.8. The number of aryl methyl sites for hydroxylation is 1. The number of thiophene rings is 1. The number of thiazole rings is 1. The summed E-state index contributed by atoms with van der Waals surface area (Å²) in [5, 5.41) is 6.08. The maximum absolute atomic E-state index is 13.0. The van der Waals surface area contributed by atoms with Gasteiger partial charge in [0.15, 0.2) is 0 Å². The molecule has 5 aromatic rings. The first-order chi connectivity index (χ1) is 16.0. The summed E-state index contributed by atoms with van der Waals surface area (Å²) in [5.74, 6) is -0.119. The summed E-state index contributed by atoms with van der Waals surface area (Å²) in [7, 11) is 0. The fourth-order valence-corrected chi connectivity index (χ4v) is 5.25. The van der Waals surface area contributed by atoms with E-state index >= 15 is 0 Å². The predicted octanol–water partition coefficient (Wildman–Crippen LogP) is 5.12. The van der Waals surface area contributed by atoms with Gasteiger partial charge in [-0.2, -0.15) is 0 Å². The van der Waals surface area contributed by atoms with Gasteiger partial charge in [0.25, 0.3) is 5.56 Å². The van der Waals surface area contributed by atoms with Crippen LogP contribution in [0.15, 0.2) is 77.2 Å². The predicted molar refractivity (Wildman–Crippen MR) is 134 cm³/mol. The molecule has 5 rings (SSSR count). The molecule has 0 fully saturated rings. The Bertz CT molecular complexity index is 1480. The molecule has 0 spiro atoms. The molecule has 0 radical (unpaired) electrons. The van der Waals surface area contributed by atoms with Crippen molar-refractivity contribution in [2.45, 2.75) is 19.9 Å². The van der Waals surface area contributed by atoms with E-state index in [2.05, 4.69) is 15.3 Å². The molecule has 1 N–H and O–H groups in total. The lowest BCUT2D eigenvalue weighted by molar-refractivity contribution is -0.115. The second kappa shape index (κ2) is 9.09. The minimum Gasteiger partial charge on any atom is -0.326 e. The Kier molecular flexibility index (Phi) is 5.85. The number of amides is 1. The molecule has 0 saturated carbocycles. The van der Waals surface area contributed by atoms with Gasteiger partial charge in [0, 0.05) is 15.9 Å². The largest absolute Gasteiger partial charge is 0.326 e. The van der Waals surface area contributed by atoms with Crippen LogP contribution in [-0.4, -0.2) is 20.4 Å². The van der Waals surface area contributed by atoms with Gasteiger partial charge >= 0.3 is 0 Å². The van der Waals surface area contributed by atoms with Crippen LogP contribution in [0.4, 0.5) is 5.69 Å². The molecule has 6 nitrogen and oxygen atoms in total. The van der Waals surface area contributed by atoms with E-state index in [-0.39, 0.29) is 17.9 Å². The first kappa shape index (κ1) is 21.2. The Morgan fingerprint density at radius 2 is 1.88 bits per heavy atom. The van der Waals surface area contributed by atoms with Crippen molar-refractivity contribution in [3.8, 4) is 10.4 Å². The van der Waals surface area contributed by atoms with E-state index in [1.165, 1.54) is 22.7 Å². The third-order valence-corrected chi connectivity index (χ3v) is 7.14. The molecule has 0 saturated heterocycles. The van der Waals surface area contributed by atoms with E-state index in [0.717, 1.165) is 32.2 Å². The molecular weight excluding hydrogens is 452 g/mol. The molecule has 0 atom stereocenters. The molecule has 0 bridgehead atoms. The van der Waals surface area contributed by atoms with Crippen molar-refractivity contribution in [2.24, 2.45) is 0 Å². The number of nitrogens with one attached hydrogen (secondary N) is 1. The van der Waals surface area contributed by atoms with E-state index in [9.17, 15) is 9.59 Å². The topological polar surface area (TPSA) is 76.9 Å². The van der Waals surface area contributed by atoms with Crippen molar-refractivity contribution < 1.29 is 4.79 Å². The third kappa shape index (κ3) is 4.76. The SMILES string of the molecule is Cc1ccc(NC(=O)Cc2nc(Cn3cnc4sc(-c5ccccc5)cc4c3=O)cs2)cc1. The van der Waals surface area contributed by atoms with Gasteiger partial charge in [-0.05, 0) is 30.7 Å². The van der Waals surface area contributed by atoms with E-state index < -0.39 is 0 Å². The second-order valence-electron chi connectivity index (χ2n) is 7.70. The molecule has 0 unspecified atom stereocenters. The number of rotatable bonds is 6. The molecule has 3 aromatic heterocycles. The Morgan fingerprint density at radius 3 is 2.67 bits per heavy atom. The quantitative estimate of drug-likeness (QED) is 0.372. The summed E-state index contributed by atoms with van der Waals surface area (Å²) in [6.07, 6.45) is 1.76. The summed E-state index contributed by atoms with van der Waals surface area (Å²) in [4.78, 5) is 36.2. The van der Waals surface area contributed by atoms with Gasteiger partial charge in [0.05, 0.1) is 30.4 Å². The minimum atomic E-state index is -0.119.